The Labute approximate surface area is 171 Å². The summed E-state index contributed by atoms with van der Waals surface area (Å²) in [6.45, 7) is 18.4. The molecule has 1 aromatic rings. The molecular formula is C27H36N+. The quantitative estimate of drug-likeness (QED) is 0.413. The highest BCUT2D eigenvalue weighted by atomic mass is 15.1. The molecule has 1 aromatic carbocycles. The van der Waals surface area contributed by atoms with E-state index in [4.69, 9.17) is 0 Å². The molecule has 148 valence electrons. The van der Waals surface area contributed by atoms with Crippen LogP contribution in [0.15, 0.2) is 49.1 Å². The molecule has 0 radical (unpaired) electrons. The van der Waals surface area contributed by atoms with Gasteiger partial charge in [0, 0.05) is 12.3 Å². The van der Waals surface area contributed by atoms with Crippen molar-refractivity contribution in [3.8, 4) is 0 Å². The molecule has 0 bridgehead atoms. The molecule has 2 aliphatic carbocycles. The summed E-state index contributed by atoms with van der Waals surface area (Å²) in [5.74, 6) is 2.53. The molecule has 4 rings (SSSR count). The zero-order chi connectivity index (χ0) is 20.1. The van der Waals surface area contributed by atoms with E-state index in [1.807, 2.05) is 0 Å². The molecule has 6 unspecified atom stereocenters. The number of nitrogens with zero attached hydrogens (tertiary/aromatic N) is 1. The summed E-state index contributed by atoms with van der Waals surface area (Å²) in [5, 5.41) is 0. The second kappa shape index (κ2) is 7.17. The van der Waals surface area contributed by atoms with Crippen LogP contribution in [-0.4, -0.2) is 23.4 Å². The SMILES string of the molecule is C=CC1C(C)[N+](=C)C(C2C=Cc3ccccc3C(C)=C2)CCCC2C1C2(C)C. The van der Waals surface area contributed by atoms with E-state index in [1.165, 1.54) is 36.0 Å². The summed E-state index contributed by atoms with van der Waals surface area (Å²) in [4.78, 5) is 0. The summed E-state index contributed by atoms with van der Waals surface area (Å²) in [6, 6.07) is 9.60. The maximum Gasteiger partial charge on any atom is 0.162 e. The zero-order valence-electron chi connectivity index (χ0n) is 18.1. The molecule has 1 saturated heterocycles. The van der Waals surface area contributed by atoms with E-state index in [-0.39, 0.29) is 0 Å². The summed E-state index contributed by atoms with van der Waals surface area (Å²) in [6.07, 6.45) is 13.3. The third kappa shape index (κ3) is 3.13. The van der Waals surface area contributed by atoms with E-state index < -0.39 is 0 Å². The topological polar surface area (TPSA) is 3.01 Å². The molecule has 1 aliphatic heterocycles. The Kier molecular flexibility index (Phi) is 4.98. The predicted octanol–water partition coefficient (Wildman–Crippen LogP) is 6.46. The summed E-state index contributed by atoms with van der Waals surface area (Å²) in [7, 11) is 0. The van der Waals surface area contributed by atoms with Gasteiger partial charge >= 0.3 is 0 Å². The van der Waals surface area contributed by atoms with Crippen molar-refractivity contribution >= 4 is 18.4 Å². The third-order valence-corrected chi connectivity index (χ3v) is 8.12. The monoisotopic (exact) mass is 374 g/mol. The van der Waals surface area contributed by atoms with Crippen LogP contribution in [0, 0.1) is 29.1 Å². The van der Waals surface area contributed by atoms with Gasteiger partial charge in [0.15, 0.2) is 12.1 Å². The van der Waals surface area contributed by atoms with Gasteiger partial charge in [-0.05, 0) is 60.6 Å². The van der Waals surface area contributed by atoms with Crippen molar-refractivity contribution in [2.24, 2.45) is 29.1 Å². The van der Waals surface area contributed by atoms with Gasteiger partial charge in [-0.1, -0.05) is 62.4 Å². The van der Waals surface area contributed by atoms with Crippen LogP contribution >= 0.6 is 0 Å². The first-order chi connectivity index (χ1) is 13.4. The molecule has 2 fully saturated rings. The average Bonchev–Trinajstić information content (AvgIpc) is 3.25. The van der Waals surface area contributed by atoms with Gasteiger partial charge in [0.05, 0.1) is 5.92 Å². The first-order valence-corrected chi connectivity index (χ1v) is 11.0. The molecule has 0 aromatic heterocycles. The van der Waals surface area contributed by atoms with E-state index in [0.29, 0.717) is 29.3 Å². The lowest BCUT2D eigenvalue weighted by molar-refractivity contribution is -0.602. The first-order valence-electron chi connectivity index (χ1n) is 11.0. The van der Waals surface area contributed by atoms with Gasteiger partial charge in [-0.3, -0.25) is 0 Å². The van der Waals surface area contributed by atoms with Crippen molar-refractivity contribution < 1.29 is 4.58 Å². The fourth-order valence-electron chi connectivity index (χ4n) is 6.28. The molecule has 3 aliphatic rings. The van der Waals surface area contributed by atoms with Crippen molar-refractivity contribution in [2.75, 3.05) is 0 Å². The van der Waals surface area contributed by atoms with Gasteiger partial charge in [0.2, 0.25) is 0 Å². The lowest BCUT2D eigenvalue weighted by atomic mass is 9.87. The minimum Gasteiger partial charge on any atom is -0.236 e. The molecule has 0 amide bonds. The summed E-state index contributed by atoms with van der Waals surface area (Å²) in [5.41, 5.74) is 4.54. The van der Waals surface area contributed by atoms with E-state index in [1.54, 1.807) is 0 Å². The lowest BCUT2D eigenvalue weighted by Crippen LogP contribution is -2.41. The van der Waals surface area contributed by atoms with Crippen LogP contribution in [0.5, 0.6) is 0 Å². The Morgan fingerprint density at radius 2 is 1.93 bits per heavy atom. The van der Waals surface area contributed by atoms with Gasteiger partial charge < -0.3 is 0 Å². The maximum absolute atomic E-state index is 4.60. The molecule has 0 N–H and O–H groups in total. The van der Waals surface area contributed by atoms with Crippen LogP contribution in [-0.2, 0) is 0 Å². The highest BCUT2D eigenvalue weighted by Crippen LogP contribution is 2.65. The molecule has 0 spiro atoms. The zero-order valence-corrected chi connectivity index (χ0v) is 18.1. The highest BCUT2D eigenvalue weighted by molar-refractivity contribution is 5.75. The maximum atomic E-state index is 4.60. The number of benzene rings is 1. The second-order valence-electron chi connectivity index (χ2n) is 9.89. The predicted molar refractivity (Wildman–Crippen MR) is 122 cm³/mol. The number of rotatable bonds is 2. The number of allylic oxidation sites excluding steroid dienone is 1. The average molecular weight is 375 g/mol. The van der Waals surface area contributed by atoms with Crippen molar-refractivity contribution in [1.82, 2.24) is 0 Å². The Hall–Kier alpha value is -1.89. The number of fused-ring (bicyclic) bond motifs is 2. The summed E-state index contributed by atoms with van der Waals surface area (Å²) < 4.78 is 2.43. The van der Waals surface area contributed by atoms with Gasteiger partial charge in [0.1, 0.15) is 6.72 Å². The van der Waals surface area contributed by atoms with Gasteiger partial charge in [-0.2, -0.15) is 0 Å². The molecule has 1 heterocycles. The van der Waals surface area contributed by atoms with Crippen molar-refractivity contribution in [1.29, 1.82) is 0 Å². The van der Waals surface area contributed by atoms with E-state index in [9.17, 15) is 0 Å². The van der Waals surface area contributed by atoms with E-state index >= 15 is 0 Å². The van der Waals surface area contributed by atoms with Crippen LogP contribution in [0.4, 0.5) is 0 Å². The molecular weight excluding hydrogens is 338 g/mol. The first kappa shape index (κ1) is 19.4. The van der Waals surface area contributed by atoms with Gasteiger partial charge in [0.25, 0.3) is 0 Å². The largest absolute Gasteiger partial charge is 0.236 e. The fourth-order valence-corrected chi connectivity index (χ4v) is 6.28. The minimum absolute atomic E-state index is 0.403. The molecule has 6 atom stereocenters. The Bertz CT molecular complexity index is 840. The lowest BCUT2D eigenvalue weighted by Gasteiger charge is -2.27. The number of hydrogen-bond donors (Lipinski definition) is 0. The van der Waals surface area contributed by atoms with Crippen LogP contribution < -0.4 is 0 Å². The van der Waals surface area contributed by atoms with Crippen molar-refractivity contribution in [3.63, 3.8) is 0 Å². The van der Waals surface area contributed by atoms with Crippen LogP contribution in [0.2, 0.25) is 0 Å². The second-order valence-corrected chi connectivity index (χ2v) is 9.89. The Morgan fingerprint density at radius 3 is 2.68 bits per heavy atom. The van der Waals surface area contributed by atoms with E-state index in [2.05, 4.69) is 94.1 Å². The van der Waals surface area contributed by atoms with Crippen LogP contribution in [0.3, 0.4) is 0 Å². The highest BCUT2D eigenvalue weighted by Gasteiger charge is 2.62. The van der Waals surface area contributed by atoms with Crippen LogP contribution in [0.25, 0.3) is 11.6 Å². The molecule has 1 nitrogen and oxygen atoms in total. The molecule has 28 heavy (non-hydrogen) atoms. The summed E-state index contributed by atoms with van der Waals surface area (Å²) >= 11 is 0. The Morgan fingerprint density at radius 1 is 1.18 bits per heavy atom. The third-order valence-electron chi connectivity index (χ3n) is 8.12. The standard InChI is InChI=1S/C27H36N/c1-7-22-19(3)28(6)25(14-10-13-24-26(22)27(24,4)5)21-16-15-20-11-8-9-12-23(20)18(2)17-21/h7-9,11-12,15-17,19,21-22,24-26H,1,6,10,13-14H2,2-5H3/q+1. The van der Waals surface area contributed by atoms with Gasteiger partial charge in [-0.25, -0.2) is 4.58 Å². The Balaban J connectivity index is 1.65. The fraction of sp³-hybridized carbons (Fsp3) is 0.519. The van der Waals surface area contributed by atoms with Crippen molar-refractivity contribution in [2.45, 2.75) is 59.0 Å². The molecule has 1 heteroatoms. The van der Waals surface area contributed by atoms with Gasteiger partial charge in [-0.15, -0.1) is 6.58 Å². The van der Waals surface area contributed by atoms with Crippen LogP contribution in [0.1, 0.15) is 58.1 Å². The molecule has 1 saturated carbocycles. The van der Waals surface area contributed by atoms with Crippen molar-refractivity contribution in [3.05, 3.63) is 60.2 Å². The normalized spacial score (nSPS) is 36.7. The smallest absolute Gasteiger partial charge is 0.162 e. The number of hydrogen-bond acceptors (Lipinski definition) is 0. The minimum atomic E-state index is 0.403. The van der Waals surface area contributed by atoms with E-state index in [0.717, 1.165) is 11.8 Å².